The monoisotopic (exact) mass is 312 g/mol. The summed E-state index contributed by atoms with van der Waals surface area (Å²) in [7, 11) is 1.71. The van der Waals surface area contributed by atoms with Crippen LogP contribution in [0.15, 0.2) is 22.7 Å². The van der Waals surface area contributed by atoms with Crippen LogP contribution in [0.2, 0.25) is 0 Å². The SMILES string of the molecule is COc1cc(Br)ccc1C(NN)C1CCCCC1. The summed E-state index contributed by atoms with van der Waals surface area (Å²) in [6.45, 7) is 0. The molecule has 0 radical (unpaired) electrons. The summed E-state index contributed by atoms with van der Waals surface area (Å²) in [5, 5.41) is 0. The lowest BCUT2D eigenvalue weighted by Gasteiger charge is -2.31. The van der Waals surface area contributed by atoms with Gasteiger partial charge in [0.25, 0.3) is 0 Å². The molecule has 1 atom stereocenters. The average molecular weight is 313 g/mol. The average Bonchev–Trinajstić information content (AvgIpc) is 2.42. The highest BCUT2D eigenvalue weighted by molar-refractivity contribution is 9.10. The number of nitrogens with two attached hydrogens (primary N) is 1. The molecule has 18 heavy (non-hydrogen) atoms. The molecule has 0 spiro atoms. The van der Waals surface area contributed by atoms with Gasteiger partial charge in [0.2, 0.25) is 0 Å². The summed E-state index contributed by atoms with van der Waals surface area (Å²) in [6, 6.07) is 6.34. The maximum absolute atomic E-state index is 5.78. The molecule has 1 aliphatic carbocycles. The summed E-state index contributed by atoms with van der Waals surface area (Å²) in [5.41, 5.74) is 4.15. The van der Waals surface area contributed by atoms with Gasteiger partial charge in [-0.3, -0.25) is 11.3 Å². The minimum atomic E-state index is 0.188. The first-order valence-electron chi connectivity index (χ1n) is 6.56. The van der Waals surface area contributed by atoms with Gasteiger partial charge in [0.1, 0.15) is 5.75 Å². The normalized spacial score (nSPS) is 18.6. The van der Waals surface area contributed by atoms with Crippen molar-refractivity contribution in [1.29, 1.82) is 0 Å². The number of rotatable bonds is 4. The number of nitrogens with one attached hydrogen (secondary N) is 1. The lowest BCUT2D eigenvalue weighted by atomic mass is 9.81. The minimum Gasteiger partial charge on any atom is -0.496 e. The zero-order valence-corrected chi connectivity index (χ0v) is 12.4. The van der Waals surface area contributed by atoms with Gasteiger partial charge in [0, 0.05) is 10.0 Å². The fourth-order valence-corrected chi connectivity index (χ4v) is 3.23. The van der Waals surface area contributed by atoms with Crippen LogP contribution in [0.5, 0.6) is 5.75 Å². The second-order valence-corrected chi connectivity index (χ2v) is 5.84. The predicted molar refractivity (Wildman–Crippen MR) is 77.3 cm³/mol. The fourth-order valence-electron chi connectivity index (χ4n) is 2.89. The van der Waals surface area contributed by atoms with E-state index >= 15 is 0 Å². The molecule has 1 fully saturated rings. The van der Waals surface area contributed by atoms with E-state index in [0.717, 1.165) is 15.8 Å². The van der Waals surface area contributed by atoms with Gasteiger partial charge in [0.05, 0.1) is 13.2 Å². The second-order valence-electron chi connectivity index (χ2n) is 4.93. The van der Waals surface area contributed by atoms with E-state index in [1.165, 1.54) is 32.1 Å². The Morgan fingerprint density at radius 1 is 1.33 bits per heavy atom. The Labute approximate surface area is 117 Å². The molecule has 1 saturated carbocycles. The molecule has 0 aromatic heterocycles. The van der Waals surface area contributed by atoms with E-state index in [1.54, 1.807) is 7.11 Å². The number of hydrogen-bond acceptors (Lipinski definition) is 3. The molecule has 0 amide bonds. The number of ether oxygens (including phenoxy) is 1. The maximum Gasteiger partial charge on any atom is 0.124 e. The molecule has 0 bridgehead atoms. The highest BCUT2D eigenvalue weighted by Gasteiger charge is 2.26. The van der Waals surface area contributed by atoms with Crippen molar-refractivity contribution < 1.29 is 4.74 Å². The summed E-state index contributed by atoms with van der Waals surface area (Å²) >= 11 is 3.47. The van der Waals surface area contributed by atoms with Gasteiger partial charge in [-0.05, 0) is 30.9 Å². The molecule has 2 rings (SSSR count). The van der Waals surface area contributed by atoms with E-state index in [-0.39, 0.29) is 6.04 Å². The Kier molecular flexibility index (Phi) is 5.03. The van der Waals surface area contributed by atoms with Crippen molar-refractivity contribution in [2.45, 2.75) is 38.1 Å². The summed E-state index contributed by atoms with van der Waals surface area (Å²) < 4.78 is 6.50. The molecular weight excluding hydrogens is 292 g/mol. The van der Waals surface area contributed by atoms with Gasteiger partial charge < -0.3 is 4.74 Å². The van der Waals surface area contributed by atoms with Crippen molar-refractivity contribution in [2.75, 3.05) is 7.11 Å². The van der Waals surface area contributed by atoms with Crippen molar-refractivity contribution in [3.05, 3.63) is 28.2 Å². The van der Waals surface area contributed by atoms with Crippen LogP contribution in [0, 0.1) is 5.92 Å². The van der Waals surface area contributed by atoms with E-state index < -0.39 is 0 Å². The van der Waals surface area contributed by atoms with Crippen molar-refractivity contribution >= 4 is 15.9 Å². The van der Waals surface area contributed by atoms with Crippen molar-refractivity contribution in [3.8, 4) is 5.75 Å². The number of hydrazine groups is 1. The topological polar surface area (TPSA) is 47.3 Å². The highest BCUT2D eigenvalue weighted by atomic mass is 79.9. The quantitative estimate of drug-likeness (QED) is 0.660. The van der Waals surface area contributed by atoms with Gasteiger partial charge >= 0.3 is 0 Å². The number of methoxy groups -OCH3 is 1. The zero-order chi connectivity index (χ0) is 13.0. The smallest absolute Gasteiger partial charge is 0.124 e. The molecule has 0 aliphatic heterocycles. The van der Waals surface area contributed by atoms with Crippen molar-refractivity contribution in [2.24, 2.45) is 11.8 Å². The minimum absolute atomic E-state index is 0.188. The van der Waals surface area contributed by atoms with Gasteiger partial charge in [-0.2, -0.15) is 0 Å². The molecule has 1 aromatic rings. The van der Waals surface area contributed by atoms with Crippen LogP contribution in [-0.2, 0) is 0 Å². The Bertz CT molecular complexity index is 391. The Morgan fingerprint density at radius 3 is 2.67 bits per heavy atom. The van der Waals surface area contributed by atoms with Gasteiger partial charge in [-0.1, -0.05) is 41.3 Å². The van der Waals surface area contributed by atoms with Gasteiger partial charge in [-0.15, -0.1) is 0 Å². The van der Waals surface area contributed by atoms with Crippen LogP contribution < -0.4 is 16.0 Å². The molecule has 100 valence electrons. The molecule has 0 heterocycles. The molecule has 3 nitrogen and oxygen atoms in total. The summed E-state index contributed by atoms with van der Waals surface area (Å²) in [6.07, 6.45) is 6.46. The lowest BCUT2D eigenvalue weighted by molar-refractivity contribution is 0.267. The Balaban J connectivity index is 2.25. The van der Waals surface area contributed by atoms with Crippen LogP contribution >= 0.6 is 15.9 Å². The Morgan fingerprint density at radius 2 is 2.06 bits per heavy atom. The molecule has 4 heteroatoms. The third-order valence-electron chi connectivity index (χ3n) is 3.83. The van der Waals surface area contributed by atoms with E-state index in [1.807, 2.05) is 12.1 Å². The number of benzene rings is 1. The molecule has 1 aliphatic rings. The second kappa shape index (κ2) is 6.55. The van der Waals surface area contributed by atoms with E-state index in [9.17, 15) is 0 Å². The van der Waals surface area contributed by atoms with Crippen LogP contribution in [0.25, 0.3) is 0 Å². The molecule has 1 unspecified atom stereocenters. The first-order chi connectivity index (χ1) is 8.76. The van der Waals surface area contributed by atoms with Crippen LogP contribution in [0.4, 0.5) is 0 Å². The van der Waals surface area contributed by atoms with Crippen molar-refractivity contribution in [3.63, 3.8) is 0 Å². The molecule has 3 N–H and O–H groups in total. The molecule has 1 aromatic carbocycles. The zero-order valence-electron chi connectivity index (χ0n) is 10.8. The van der Waals surface area contributed by atoms with E-state index in [4.69, 9.17) is 10.6 Å². The first-order valence-corrected chi connectivity index (χ1v) is 7.35. The van der Waals surface area contributed by atoms with Crippen LogP contribution in [-0.4, -0.2) is 7.11 Å². The first kappa shape index (κ1) is 13.8. The predicted octanol–water partition coefficient (Wildman–Crippen LogP) is 3.54. The third kappa shape index (κ3) is 3.05. The molecule has 0 saturated heterocycles. The lowest BCUT2D eigenvalue weighted by Crippen LogP contribution is -2.34. The molecular formula is C14H21BrN2O. The van der Waals surface area contributed by atoms with E-state index in [2.05, 4.69) is 27.4 Å². The van der Waals surface area contributed by atoms with Gasteiger partial charge in [0.15, 0.2) is 0 Å². The largest absolute Gasteiger partial charge is 0.496 e. The van der Waals surface area contributed by atoms with Gasteiger partial charge in [-0.25, -0.2) is 0 Å². The summed E-state index contributed by atoms with van der Waals surface area (Å²) in [5.74, 6) is 7.29. The summed E-state index contributed by atoms with van der Waals surface area (Å²) in [4.78, 5) is 0. The fraction of sp³-hybridized carbons (Fsp3) is 0.571. The standard InChI is InChI=1S/C14H21BrN2O/c1-18-13-9-11(15)7-8-12(13)14(17-16)10-5-3-2-4-6-10/h7-10,14,17H,2-6,16H2,1H3. The Hall–Kier alpha value is -0.580. The van der Waals surface area contributed by atoms with E-state index in [0.29, 0.717) is 5.92 Å². The van der Waals surface area contributed by atoms with Crippen LogP contribution in [0.1, 0.15) is 43.7 Å². The number of halogens is 1. The van der Waals surface area contributed by atoms with Crippen molar-refractivity contribution in [1.82, 2.24) is 5.43 Å². The highest BCUT2D eigenvalue weighted by Crippen LogP contribution is 2.38. The number of hydrogen-bond donors (Lipinski definition) is 2. The third-order valence-corrected chi connectivity index (χ3v) is 4.32. The van der Waals surface area contributed by atoms with Crippen LogP contribution in [0.3, 0.4) is 0 Å². The maximum atomic E-state index is 5.78.